The Morgan fingerprint density at radius 2 is 1.82 bits per heavy atom. The first kappa shape index (κ1) is 18.5. The molecule has 6 heteroatoms. The van der Waals surface area contributed by atoms with Crippen LogP contribution < -0.4 is 9.64 Å². The molecule has 2 heterocycles. The minimum Gasteiger partial charge on any atom is -0.497 e. The average Bonchev–Trinajstić information content (AvgIpc) is 3.11. The van der Waals surface area contributed by atoms with Gasteiger partial charge < -0.3 is 18.9 Å². The molecular weight excluding hydrogens is 354 g/mol. The third kappa shape index (κ3) is 2.67. The molecule has 1 aliphatic heterocycles. The smallest absolute Gasteiger partial charge is 0.237 e. The second kappa shape index (κ2) is 6.63. The van der Waals surface area contributed by atoms with Gasteiger partial charge in [0.2, 0.25) is 5.91 Å². The predicted octanol–water partition coefficient (Wildman–Crippen LogP) is 3.52. The van der Waals surface area contributed by atoms with E-state index in [2.05, 4.69) is 16.7 Å². The molecule has 3 aromatic rings. The van der Waals surface area contributed by atoms with Gasteiger partial charge in [-0.2, -0.15) is 0 Å². The fourth-order valence-electron chi connectivity index (χ4n) is 3.92. The second-order valence-electron chi connectivity index (χ2n) is 7.66. The molecule has 0 radical (unpaired) electrons. The summed E-state index contributed by atoms with van der Waals surface area (Å²) in [5, 5.41) is 0. The highest BCUT2D eigenvalue weighted by molar-refractivity contribution is 6.09. The molecule has 0 aliphatic carbocycles. The van der Waals surface area contributed by atoms with Crippen molar-refractivity contribution in [3.63, 3.8) is 0 Å². The minimum absolute atomic E-state index is 0.102. The molecule has 0 unspecified atom stereocenters. The van der Waals surface area contributed by atoms with Crippen LogP contribution in [-0.2, 0) is 22.0 Å². The zero-order chi connectivity index (χ0) is 20.1. The fraction of sp³-hybridized carbons (Fsp3) is 0.364. The van der Waals surface area contributed by atoms with Gasteiger partial charge in [0, 0.05) is 26.3 Å². The van der Waals surface area contributed by atoms with Crippen LogP contribution in [0.4, 0.5) is 5.69 Å². The molecule has 28 heavy (non-hydrogen) atoms. The van der Waals surface area contributed by atoms with Gasteiger partial charge in [-0.05, 0) is 55.8 Å². The molecule has 0 bridgehead atoms. The zero-order valence-electron chi connectivity index (χ0n) is 16.9. The van der Waals surface area contributed by atoms with Crippen molar-refractivity contribution in [1.82, 2.24) is 9.55 Å². The van der Waals surface area contributed by atoms with Crippen molar-refractivity contribution >= 4 is 22.6 Å². The Morgan fingerprint density at radius 3 is 2.46 bits per heavy atom. The average molecular weight is 379 g/mol. The molecule has 146 valence electrons. The Morgan fingerprint density at radius 1 is 1.11 bits per heavy atom. The van der Waals surface area contributed by atoms with Crippen LogP contribution in [0.15, 0.2) is 36.4 Å². The first-order valence-corrected chi connectivity index (χ1v) is 9.34. The Balaban J connectivity index is 1.85. The quantitative estimate of drug-likeness (QED) is 0.681. The molecule has 0 fully saturated rings. The topological polar surface area (TPSA) is 56.6 Å². The van der Waals surface area contributed by atoms with Gasteiger partial charge in [0.1, 0.15) is 11.6 Å². The predicted molar refractivity (Wildman–Crippen MR) is 110 cm³/mol. The van der Waals surface area contributed by atoms with E-state index in [0.29, 0.717) is 13.2 Å². The number of carbonyl (C=O) groups is 1. The van der Waals surface area contributed by atoms with Gasteiger partial charge in [0.05, 0.1) is 35.9 Å². The molecule has 0 N–H and O–H groups in total. The van der Waals surface area contributed by atoms with E-state index in [1.807, 2.05) is 50.1 Å². The number of nitrogens with zero attached hydrogens (tertiary/aromatic N) is 3. The summed E-state index contributed by atoms with van der Waals surface area (Å²) in [4.78, 5) is 19.6. The van der Waals surface area contributed by atoms with E-state index in [-0.39, 0.29) is 5.91 Å². The van der Waals surface area contributed by atoms with E-state index >= 15 is 0 Å². The molecule has 1 aliphatic rings. The first-order chi connectivity index (χ1) is 13.4. The van der Waals surface area contributed by atoms with Crippen LogP contribution in [0.1, 0.15) is 19.4 Å². The summed E-state index contributed by atoms with van der Waals surface area (Å²) in [5.41, 5.74) is 4.30. The number of benzene rings is 2. The van der Waals surface area contributed by atoms with Crippen LogP contribution >= 0.6 is 0 Å². The summed E-state index contributed by atoms with van der Waals surface area (Å²) < 4.78 is 12.5. The van der Waals surface area contributed by atoms with Crippen molar-refractivity contribution in [3.05, 3.63) is 42.0 Å². The number of rotatable bonds is 5. The molecular formula is C22H25N3O3. The summed E-state index contributed by atoms with van der Waals surface area (Å²) in [6.45, 7) is 4.99. The molecule has 6 nitrogen and oxygen atoms in total. The zero-order valence-corrected chi connectivity index (χ0v) is 16.9. The van der Waals surface area contributed by atoms with Crippen molar-refractivity contribution in [2.75, 3.05) is 32.3 Å². The van der Waals surface area contributed by atoms with Crippen LogP contribution in [-0.4, -0.2) is 42.8 Å². The SMILES string of the molecule is COCCN1C(=O)C(C)(C)c2cc3nc(-c4ccc(OC)cc4)n(C)c3cc21. The van der Waals surface area contributed by atoms with Gasteiger partial charge in [0.15, 0.2) is 0 Å². The van der Waals surface area contributed by atoms with E-state index in [0.717, 1.165) is 39.4 Å². The van der Waals surface area contributed by atoms with Crippen molar-refractivity contribution < 1.29 is 14.3 Å². The van der Waals surface area contributed by atoms with Crippen LogP contribution in [0, 0.1) is 0 Å². The third-order valence-corrected chi connectivity index (χ3v) is 5.61. The Labute approximate surface area is 164 Å². The van der Waals surface area contributed by atoms with Crippen LogP contribution in [0.25, 0.3) is 22.4 Å². The van der Waals surface area contributed by atoms with Crippen molar-refractivity contribution in [3.8, 4) is 17.1 Å². The maximum Gasteiger partial charge on any atom is 0.237 e. The van der Waals surface area contributed by atoms with Crippen molar-refractivity contribution in [2.45, 2.75) is 19.3 Å². The standard InChI is InChI=1S/C22H25N3O3/c1-22(2)16-12-17-19(13-18(16)25(21(22)26)10-11-27-4)24(3)20(23-17)14-6-8-15(28-5)9-7-14/h6-9,12-13H,10-11H2,1-5H3. The lowest BCUT2D eigenvalue weighted by Crippen LogP contribution is -2.37. The number of hydrogen-bond acceptors (Lipinski definition) is 4. The number of fused-ring (bicyclic) bond motifs is 2. The Bertz CT molecular complexity index is 1050. The van der Waals surface area contributed by atoms with Gasteiger partial charge in [-0.3, -0.25) is 4.79 Å². The summed E-state index contributed by atoms with van der Waals surface area (Å²) >= 11 is 0. The number of carbonyl (C=O) groups excluding carboxylic acids is 1. The lowest BCUT2D eigenvalue weighted by molar-refractivity contribution is -0.122. The molecule has 0 saturated heterocycles. The molecule has 0 saturated carbocycles. The van der Waals surface area contributed by atoms with Crippen LogP contribution in [0.2, 0.25) is 0 Å². The Hall–Kier alpha value is -2.86. The summed E-state index contributed by atoms with van der Waals surface area (Å²) in [6, 6.07) is 12.0. The molecule has 1 aromatic heterocycles. The molecule has 0 atom stereocenters. The van der Waals surface area contributed by atoms with Gasteiger partial charge in [-0.1, -0.05) is 0 Å². The Kier molecular flexibility index (Phi) is 4.38. The summed E-state index contributed by atoms with van der Waals surface area (Å²) in [7, 11) is 5.31. The van der Waals surface area contributed by atoms with E-state index in [9.17, 15) is 4.79 Å². The lowest BCUT2D eigenvalue weighted by Gasteiger charge is -2.19. The van der Waals surface area contributed by atoms with Gasteiger partial charge >= 0.3 is 0 Å². The van der Waals surface area contributed by atoms with Gasteiger partial charge in [-0.15, -0.1) is 0 Å². The number of methoxy groups -OCH3 is 2. The third-order valence-electron chi connectivity index (χ3n) is 5.61. The highest BCUT2D eigenvalue weighted by Crippen LogP contribution is 2.43. The normalized spacial score (nSPS) is 15.3. The number of amides is 1. The molecule has 2 aromatic carbocycles. The monoisotopic (exact) mass is 379 g/mol. The maximum absolute atomic E-state index is 13.0. The number of ether oxygens (including phenoxy) is 2. The number of aryl methyl sites for hydroxylation is 1. The van der Waals surface area contributed by atoms with Crippen molar-refractivity contribution in [2.24, 2.45) is 7.05 Å². The highest BCUT2D eigenvalue weighted by Gasteiger charge is 2.44. The van der Waals surface area contributed by atoms with Crippen molar-refractivity contribution in [1.29, 1.82) is 0 Å². The van der Waals surface area contributed by atoms with Gasteiger partial charge in [-0.25, -0.2) is 4.98 Å². The van der Waals surface area contributed by atoms with E-state index in [4.69, 9.17) is 14.5 Å². The second-order valence-corrected chi connectivity index (χ2v) is 7.66. The maximum atomic E-state index is 13.0. The minimum atomic E-state index is -0.574. The summed E-state index contributed by atoms with van der Waals surface area (Å²) in [6.07, 6.45) is 0. The van der Waals surface area contributed by atoms with Crippen LogP contribution in [0.5, 0.6) is 5.75 Å². The molecule has 0 spiro atoms. The highest BCUT2D eigenvalue weighted by atomic mass is 16.5. The van der Waals surface area contributed by atoms with Gasteiger partial charge in [0.25, 0.3) is 0 Å². The van der Waals surface area contributed by atoms with E-state index < -0.39 is 5.41 Å². The largest absolute Gasteiger partial charge is 0.497 e. The summed E-state index contributed by atoms with van der Waals surface area (Å²) in [5.74, 6) is 1.80. The van der Waals surface area contributed by atoms with E-state index in [1.54, 1.807) is 14.2 Å². The first-order valence-electron chi connectivity index (χ1n) is 9.34. The number of hydrogen-bond donors (Lipinski definition) is 0. The molecule has 1 amide bonds. The number of anilines is 1. The number of aromatic nitrogens is 2. The fourth-order valence-corrected chi connectivity index (χ4v) is 3.92. The van der Waals surface area contributed by atoms with Crippen LogP contribution in [0.3, 0.4) is 0 Å². The van der Waals surface area contributed by atoms with E-state index in [1.165, 1.54) is 0 Å². The number of imidazole rings is 1. The molecule has 4 rings (SSSR count). The lowest BCUT2D eigenvalue weighted by atomic mass is 9.86.